The number of ether oxygens (including phenoxy) is 1. The number of likely N-dealkylation sites (tertiary alicyclic amines) is 1. The summed E-state index contributed by atoms with van der Waals surface area (Å²) in [5.74, 6) is 0.588. The zero-order chi connectivity index (χ0) is 20.6. The summed E-state index contributed by atoms with van der Waals surface area (Å²) in [5, 5.41) is 12.1. The fourth-order valence-corrected chi connectivity index (χ4v) is 3.71. The molecule has 30 heavy (non-hydrogen) atoms. The molecule has 9 heteroatoms. The van der Waals surface area contributed by atoms with Crippen LogP contribution in [-0.4, -0.2) is 67.6 Å². The van der Waals surface area contributed by atoms with Crippen molar-refractivity contribution in [1.82, 2.24) is 15.1 Å². The van der Waals surface area contributed by atoms with E-state index in [9.17, 15) is 9.18 Å². The number of halogens is 2. The normalized spacial score (nSPS) is 17.8. The summed E-state index contributed by atoms with van der Waals surface area (Å²) in [5.41, 5.74) is 0.755. The number of rotatable bonds is 4. The molecule has 1 aromatic carbocycles. The van der Waals surface area contributed by atoms with Crippen molar-refractivity contribution in [2.75, 3.05) is 45.9 Å². The molecule has 0 aliphatic carbocycles. The number of carbonyl (C=O) groups is 1. The predicted molar refractivity (Wildman–Crippen MR) is 123 cm³/mol. The molecular weight excluding hydrogens is 500 g/mol. The predicted octanol–water partition coefficient (Wildman–Crippen LogP) is 2.35. The number of hydrogen-bond acceptors (Lipinski definition) is 4. The molecule has 164 valence electrons. The van der Waals surface area contributed by atoms with E-state index in [0.717, 1.165) is 31.9 Å². The van der Waals surface area contributed by atoms with Crippen LogP contribution in [0.2, 0.25) is 0 Å². The van der Waals surface area contributed by atoms with Gasteiger partial charge in [0.25, 0.3) is 0 Å². The smallest absolute Gasteiger partial charge is 0.225 e. The van der Waals surface area contributed by atoms with Gasteiger partial charge in [0.2, 0.25) is 5.91 Å². The largest absolute Gasteiger partial charge is 0.378 e. The van der Waals surface area contributed by atoms with Crippen molar-refractivity contribution in [2.24, 2.45) is 10.9 Å². The number of carbonyl (C=O) groups excluding carboxylic acids is 1. The van der Waals surface area contributed by atoms with Crippen LogP contribution in [0, 0.1) is 23.1 Å². The van der Waals surface area contributed by atoms with E-state index in [-0.39, 0.29) is 42.3 Å². The maximum absolute atomic E-state index is 14.1. The van der Waals surface area contributed by atoms with Gasteiger partial charge in [-0.25, -0.2) is 9.38 Å². The minimum atomic E-state index is -0.418. The molecule has 2 aliphatic rings. The first kappa shape index (κ1) is 24.3. The van der Waals surface area contributed by atoms with E-state index in [1.807, 2.05) is 17.9 Å². The maximum atomic E-state index is 14.1. The molecule has 0 atom stereocenters. The van der Waals surface area contributed by atoms with E-state index in [2.05, 4.69) is 15.2 Å². The topological polar surface area (TPSA) is 81.0 Å². The van der Waals surface area contributed by atoms with Crippen LogP contribution >= 0.6 is 24.0 Å². The first-order valence-corrected chi connectivity index (χ1v) is 10.2. The second kappa shape index (κ2) is 12.1. The van der Waals surface area contributed by atoms with E-state index in [4.69, 9.17) is 10.00 Å². The van der Waals surface area contributed by atoms with Gasteiger partial charge in [-0.1, -0.05) is 6.07 Å². The molecule has 1 aromatic rings. The van der Waals surface area contributed by atoms with Crippen LogP contribution < -0.4 is 5.32 Å². The summed E-state index contributed by atoms with van der Waals surface area (Å²) in [6.07, 6.45) is 1.57. The van der Waals surface area contributed by atoms with Gasteiger partial charge in [0, 0.05) is 44.2 Å². The zero-order valence-electron chi connectivity index (χ0n) is 17.3. The minimum Gasteiger partial charge on any atom is -0.378 e. The monoisotopic (exact) mass is 529 g/mol. The van der Waals surface area contributed by atoms with Gasteiger partial charge in [-0.2, -0.15) is 5.26 Å². The van der Waals surface area contributed by atoms with E-state index in [0.29, 0.717) is 44.0 Å². The van der Waals surface area contributed by atoms with E-state index < -0.39 is 5.82 Å². The number of amides is 1. The number of aliphatic imine (C=N–C) groups is 1. The fraction of sp³-hybridized carbons (Fsp3) is 0.571. The van der Waals surface area contributed by atoms with Crippen LogP contribution in [0.1, 0.15) is 30.9 Å². The third-order valence-electron chi connectivity index (χ3n) is 5.38. The Hall–Kier alpha value is -1.93. The van der Waals surface area contributed by atoms with Gasteiger partial charge in [-0.05, 0) is 31.9 Å². The van der Waals surface area contributed by atoms with Gasteiger partial charge in [0.1, 0.15) is 5.82 Å². The summed E-state index contributed by atoms with van der Waals surface area (Å²) in [7, 11) is 0. The van der Waals surface area contributed by atoms with Gasteiger partial charge in [-0.3, -0.25) is 4.79 Å². The van der Waals surface area contributed by atoms with Crippen molar-refractivity contribution in [3.8, 4) is 6.07 Å². The maximum Gasteiger partial charge on any atom is 0.225 e. The quantitative estimate of drug-likeness (QED) is 0.368. The van der Waals surface area contributed by atoms with Crippen LogP contribution in [0.3, 0.4) is 0 Å². The molecule has 2 aliphatic heterocycles. The van der Waals surface area contributed by atoms with Crippen molar-refractivity contribution in [2.45, 2.75) is 26.3 Å². The molecule has 0 spiro atoms. The lowest BCUT2D eigenvalue weighted by atomic mass is 9.95. The summed E-state index contributed by atoms with van der Waals surface area (Å²) in [4.78, 5) is 21.3. The Balaban J connectivity index is 0.00000320. The summed E-state index contributed by atoms with van der Waals surface area (Å²) in [6, 6.07) is 6.38. The van der Waals surface area contributed by atoms with Gasteiger partial charge in [0.05, 0.1) is 31.4 Å². The zero-order valence-corrected chi connectivity index (χ0v) is 19.6. The summed E-state index contributed by atoms with van der Waals surface area (Å²) >= 11 is 0. The fourth-order valence-electron chi connectivity index (χ4n) is 3.71. The number of hydrogen-bond donors (Lipinski definition) is 1. The van der Waals surface area contributed by atoms with Crippen molar-refractivity contribution >= 4 is 35.8 Å². The lowest BCUT2D eigenvalue weighted by Crippen LogP contribution is -2.50. The molecule has 3 rings (SSSR count). The summed E-state index contributed by atoms with van der Waals surface area (Å²) < 4.78 is 19.5. The van der Waals surface area contributed by atoms with Crippen molar-refractivity contribution < 1.29 is 13.9 Å². The first-order valence-electron chi connectivity index (χ1n) is 10.2. The summed E-state index contributed by atoms with van der Waals surface area (Å²) in [6.45, 7) is 6.98. The standard InChI is InChI=1S/C21H28FN5O2.HI/c1-2-24-21(25-15-18-4-3-16(14-23)13-19(18)22)27-7-5-17(6-8-27)20(28)26-9-11-29-12-10-26;/h3-4,13,17H,2,5-12,15H2,1H3,(H,24,25);1H. The number of guanidine groups is 1. The number of nitrogens with zero attached hydrogens (tertiary/aromatic N) is 4. The van der Waals surface area contributed by atoms with Crippen molar-refractivity contribution in [1.29, 1.82) is 5.26 Å². The van der Waals surface area contributed by atoms with Crippen LogP contribution in [0.5, 0.6) is 0 Å². The average molecular weight is 529 g/mol. The van der Waals surface area contributed by atoms with Gasteiger partial charge in [-0.15, -0.1) is 24.0 Å². The third kappa shape index (κ3) is 6.28. The molecule has 2 fully saturated rings. The van der Waals surface area contributed by atoms with Crippen molar-refractivity contribution in [3.05, 3.63) is 35.1 Å². The molecule has 0 bridgehead atoms. The highest BCUT2D eigenvalue weighted by atomic mass is 127. The number of piperidine rings is 1. The molecule has 0 aromatic heterocycles. The number of morpholine rings is 1. The highest BCUT2D eigenvalue weighted by Crippen LogP contribution is 2.21. The highest BCUT2D eigenvalue weighted by Gasteiger charge is 2.30. The van der Waals surface area contributed by atoms with Gasteiger partial charge in [0.15, 0.2) is 5.96 Å². The van der Waals surface area contributed by atoms with Crippen LogP contribution in [0.25, 0.3) is 0 Å². The minimum absolute atomic E-state index is 0. The molecule has 2 heterocycles. The Bertz CT molecular complexity index is 784. The Morgan fingerprint density at radius 3 is 2.57 bits per heavy atom. The lowest BCUT2D eigenvalue weighted by molar-refractivity contribution is -0.140. The molecular formula is C21H29FIN5O2. The van der Waals surface area contributed by atoms with Crippen LogP contribution in [-0.2, 0) is 16.1 Å². The second-order valence-electron chi connectivity index (χ2n) is 7.29. The van der Waals surface area contributed by atoms with E-state index >= 15 is 0 Å². The average Bonchev–Trinajstić information content (AvgIpc) is 2.77. The van der Waals surface area contributed by atoms with Crippen molar-refractivity contribution in [3.63, 3.8) is 0 Å². The molecule has 1 amide bonds. The molecule has 0 saturated carbocycles. The Morgan fingerprint density at radius 1 is 1.27 bits per heavy atom. The van der Waals surface area contributed by atoms with Crippen LogP contribution in [0.15, 0.2) is 23.2 Å². The molecule has 0 radical (unpaired) electrons. The molecule has 2 saturated heterocycles. The van der Waals surface area contributed by atoms with Gasteiger partial charge >= 0.3 is 0 Å². The van der Waals surface area contributed by atoms with Crippen LogP contribution in [0.4, 0.5) is 4.39 Å². The van der Waals surface area contributed by atoms with E-state index in [1.54, 1.807) is 12.1 Å². The molecule has 0 unspecified atom stereocenters. The molecule has 7 nitrogen and oxygen atoms in total. The first-order chi connectivity index (χ1) is 14.1. The number of benzene rings is 1. The Kier molecular flexibility index (Phi) is 9.78. The number of nitrogens with one attached hydrogen (secondary N) is 1. The lowest BCUT2D eigenvalue weighted by Gasteiger charge is -2.36. The second-order valence-corrected chi connectivity index (χ2v) is 7.29. The highest BCUT2D eigenvalue weighted by molar-refractivity contribution is 14.0. The SMILES string of the molecule is CCNC(=NCc1ccc(C#N)cc1F)N1CCC(C(=O)N2CCOCC2)CC1.I. The molecule has 1 N–H and O–H groups in total. The third-order valence-corrected chi connectivity index (χ3v) is 5.38. The Labute approximate surface area is 194 Å². The van der Waals surface area contributed by atoms with E-state index in [1.165, 1.54) is 6.07 Å². The van der Waals surface area contributed by atoms with Gasteiger partial charge < -0.3 is 19.9 Å². The Morgan fingerprint density at radius 2 is 1.97 bits per heavy atom. The number of nitriles is 1.